The van der Waals surface area contributed by atoms with Gasteiger partial charge in [-0.15, -0.1) is 0 Å². The molecule has 132 valence electrons. The zero-order chi connectivity index (χ0) is 17.8. The highest BCUT2D eigenvalue weighted by Gasteiger charge is 2.18. The minimum absolute atomic E-state index is 0.133. The summed E-state index contributed by atoms with van der Waals surface area (Å²) >= 11 is 11.9. The third kappa shape index (κ3) is 4.80. The van der Waals surface area contributed by atoms with Crippen LogP contribution >= 0.6 is 23.2 Å². The molecule has 25 heavy (non-hydrogen) atoms. The van der Waals surface area contributed by atoms with E-state index in [0.29, 0.717) is 15.8 Å². The monoisotopic (exact) mass is 378 g/mol. The number of nitrogens with one attached hydrogen (secondary N) is 1. The SMILES string of the molecule is CC1CCN(c2ccc(NC(=O)COc3cc(Cl)ccc3Cl)cc2)C1. The van der Waals surface area contributed by atoms with Crippen molar-refractivity contribution in [3.8, 4) is 5.75 Å². The summed E-state index contributed by atoms with van der Waals surface area (Å²) in [5.41, 5.74) is 1.92. The van der Waals surface area contributed by atoms with Gasteiger partial charge in [0, 0.05) is 35.6 Å². The molecule has 1 heterocycles. The van der Waals surface area contributed by atoms with Gasteiger partial charge in [0.1, 0.15) is 5.75 Å². The number of carbonyl (C=O) groups excluding carboxylic acids is 1. The predicted molar refractivity (Wildman–Crippen MR) is 103 cm³/mol. The normalized spacial score (nSPS) is 16.8. The molecule has 0 radical (unpaired) electrons. The maximum Gasteiger partial charge on any atom is 0.262 e. The van der Waals surface area contributed by atoms with Crippen LogP contribution in [-0.2, 0) is 4.79 Å². The van der Waals surface area contributed by atoms with E-state index in [0.717, 1.165) is 24.7 Å². The van der Waals surface area contributed by atoms with Crippen molar-refractivity contribution >= 4 is 40.5 Å². The van der Waals surface area contributed by atoms with Crippen LogP contribution in [0.2, 0.25) is 10.0 Å². The summed E-state index contributed by atoms with van der Waals surface area (Å²) in [5, 5.41) is 3.74. The van der Waals surface area contributed by atoms with Gasteiger partial charge < -0.3 is 15.0 Å². The number of ether oxygens (including phenoxy) is 1. The fourth-order valence-corrected chi connectivity index (χ4v) is 3.19. The molecular weight excluding hydrogens is 359 g/mol. The van der Waals surface area contributed by atoms with E-state index in [1.54, 1.807) is 18.2 Å². The number of hydrogen-bond donors (Lipinski definition) is 1. The molecule has 1 aliphatic heterocycles. The van der Waals surface area contributed by atoms with Crippen molar-refractivity contribution in [1.82, 2.24) is 0 Å². The van der Waals surface area contributed by atoms with Crippen LogP contribution in [0.15, 0.2) is 42.5 Å². The van der Waals surface area contributed by atoms with Crippen LogP contribution in [-0.4, -0.2) is 25.6 Å². The zero-order valence-electron chi connectivity index (χ0n) is 14.0. The van der Waals surface area contributed by atoms with Gasteiger partial charge in [-0.3, -0.25) is 4.79 Å². The Labute approximate surface area is 157 Å². The Morgan fingerprint density at radius 3 is 2.68 bits per heavy atom. The summed E-state index contributed by atoms with van der Waals surface area (Å²) in [6, 6.07) is 12.8. The van der Waals surface area contributed by atoms with Crippen molar-refractivity contribution in [2.75, 3.05) is 29.9 Å². The average Bonchev–Trinajstić information content (AvgIpc) is 3.03. The molecule has 2 aromatic carbocycles. The molecule has 1 saturated heterocycles. The third-order valence-corrected chi connectivity index (χ3v) is 4.74. The summed E-state index contributed by atoms with van der Waals surface area (Å²) in [6.45, 7) is 4.30. The lowest BCUT2D eigenvalue weighted by Crippen LogP contribution is -2.21. The molecule has 6 heteroatoms. The van der Waals surface area contributed by atoms with Gasteiger partial charge in [-0.25, -0.2) is 0 Å². The molecule has 0 aromatic heterocycles. The first-order valence-electron chi connectivity index (χ1n) is 8.24. The summed E-state index contributed by atoms with van der Waals surface area (Å²) in [5.74, 6) is 0.872. The Morgan fingerprint density at radius 1 is 1.24 bits per heavy atom. The highest BCUT2D eigenvalue weighted by molar-refractivity contribution is 6.34. The van der Waals surface area contributed by atoms with Crippen LogP contribution in [0, 0.1) is 5.92 Å². The van der Waals surface area contributed by atoms with Gasteiger partial charge in [0.05, 0.1) is 5.02 Å². The van der Waals surface area contributed by atoms with Crippen molar-refractivity contribution in [1.29, 1.82) is 0 Å². The molecule has 1 N–H and O–H groups in total. The minimum Gasteiger partial charge on any atom is -0.482 e. The second-order valence-corrected chi connectivity index (χ2v) is 7.14. The highest BCUT2D eigenvalue weighted by atomic mass is 35.5. The first-order chi connectivity index (χ1) is 12.0. The number of anilines is 2. The van der Waals surface area contributed by atoms with Gasteiger partial charge in [-0.1, -0.05) is 30.1 Å². The Hall–Kier alpha value is -1.91. The fourth-order valence-electron chi connectivity index (χ4n) is 2.85. The van der Waals surface area contributed by atoms with E-state index in [-0.39, 0.29) is 12.5 Å². The topological polar surface area (TPSA) is 41.6 Å². The van der Waals surface area contributed by atoms with E-state index in [2.05, 4.69) is 17.1 Å². The van der Waals surface area contributed by atoms with Crippen molar-refractivity contribution < 1.29 is 9.53 Å². The first-order valence-corrected chi connectivity index (χ1v) is 8.99. The third-order valence-electron chi connectivity index (χ3n) is 4.19. The summed E-state index contributed by atoms with van der Waals surface area (Å²) in [7, 11) is 0. The quantitative estimate of drug-likeness (QED) is 0.807. The number of amides is 1. The van der Waals surface area contributed by atoms with E-state index < -0.39 is 0 Å². The number of carbonyl (C=O) groups is 1. The number of nitrogens with zero attached hydrogens (tertiary/aromatic N) is 1. The van der Waals surface area contributed by atoms with Crippen molar-refractivity contribution in [2.45, 2.75) is 13.3 Å². The largest absolute Gasteiger partial charge is 0.482 e. The maximum atomic E-state index is 12.0. The zero-order valence-corrected chi connectivity index (χ0v) is 15.5. The van der Waals surface area contributed by atoms with Crippen LogP contribution in [0.4, 0.5) is 11.4 Å². The van der Waals surface area contributed by atoms with Crippen LogP contribution in [0.25, 0.3) is 0 Å². The van der Waals surface area contributed by atoms with Crippen molar-refractivity contribution in [3.63, 3.8) is 0 Å². The van der Waals surface area contributed by atoms with E-state index >= 15 is 0 Å². The highest BCUT2D eigenvalue weighted by Crippen LogP contribution is 2.28. The van der Waals surface area contributed by atoms with Gasteiger partial charge in [0.15, 0.2) is 6.61 Å². The molecule has 0 aliphatic carbocycles. The number of rotatable bonds is 5. The van der Waals surface area contributed by atoms with Crippen LogP contribution in [0.5, 0.6) is 5.75 Å². The lowest BCUT2D eigenvalue weighted by molar-refractivity contribution is -0.118. The molecule has 1 unspecified atom stereocenters. The Kier molecular flexibility index (Phi) is 5.71. The Bertz CT molecular complexity index is 750. The van der Waals surface area contributed by atoms with Gasteiger partial charge in [0.25, 0.3) is 5.91 Å². The number of halogens is 2. The molecule has 0 bridgehead atoms. The smallest absolute Gasteiger partial charge is 0.262 e. The van der Waals surface area contributed by atoms with Gasteiger partial charge in [0.2, 0.25) is 0 Å². The summed E-state index contributed by atoms with van der Waals surface area (Å²) < 4.78 is 5.43. The minimum atomic E-state index is -0.251. The molecule has 2 aromatic rings. The second-order valence-electron chi connectivity index (χ2n) is 6.30. The fraction of sp³-hybridized carbons (Fsp3) is 0.316. The second kappa shape index (κ2) is 7.98. The number of benzene rings is 2. The van der Waals surface area contributed by atoms with Crippen LogP contribution < -0.4 is 15.0 Å². The Morgan fingerprint density at radius 2 is 2.00 bits per heavy atom. The van der Waals surface area contributed by atoms with Crippen molar-refractivity contribution in [3.05, 3.63) is 52.5 Å². The molecule has 1 atom stereocenters. The van der Waals surface area contributed by atoms with E-state index in [9.17, 15) is 4.79 Å². The van der Waals surface area contributed by atoms with Gasteiger partial charge in [-0.2, -0.15) is 0 Å². The van der Waals surface area contributed by atoms with Gasteiger partial charge >= 0.3 is 0 Å². The van der Waals surface area contributed by atoms with Crippen molar-refractivity contribution in [2.24, 2.45) is 5.92 Å². The van der Waals surface area contributed by atoms with E-state index in [1.807, 2.05) is 24.3 Å². The molecule has 4 nitrogen and oxygen atoms in total. The molecule has 1 fully saturated rings. The lowest BCUT2D eigenvalue weighted by atomic mass is 10.2. The van der Waals surface area contributed by atoms with E-state index in [4.69, 9.17) is 27.9 Å². The van der Waals surface area contributed by atoms with Crippen LogP contribution in [0.3, 0.4) is 0 Å². The molecule has 1 amide bonds. The molecular formula is C19H20Cl2N2O2. The van der Waals surface area contributed by atoms with E-state index in [1.165, 1.54) is 12.1 Å². The molecule has 0 saturated carbocycles. The average molecular weight is 379 g/mol. The standard InChI is InChI=1S/C19H20Cl2N2O2/c1-13-8-9-23(11-13)16-5-3-15(4-6-16)22-19(24)12-25-18-10-14(20)2-7-17(18)21/h2-7,10,13H,8-9,11-12H2,1H3,(H,22,24). The molecule has 3 rings (SSSR count). The van der Waals surface area contributed by atoms with Gasteiger partial charge in [-0.05, 0) is 48.7 Å². The Balaban J connectivity index is 1.53. The maximum absolute atomic E-state index is 12.0. The summed E-state index contributed by atoms with van der Waals surface area (Å²) in [6.07, 6.45) is 1.22. The predicted octanol–water partition coefficient (Wildman–Crippen LogP) is 4.86. The van der Waals surface area contributed by atoms with Crippen LogP contribution in [0.1, 0.15) is 13.3 Å². The lowest BCUT2D eigenvalue weighted by Gasteiger charge is -2.18. The molecule has 1 aliphatic rings. The molecule has 0 spiro atoms. The number of hydrogen-bond acceptors (Lipinski definition) is 3. The first kappa shape index (κ1) is 17.9. The summed E-state index contributed by atoms with van der Waals surface area (Å²) in [4.78, 5) is 14.4.